The van der Waals surface area contributed by atoms with Gasteiger partial charge in [-0.15, -0.1) is 0 Å². The quantitative estimate of drug-likeness (QED) is 0.330. The lowest BCUT2D eigenvalue weighted by atomic mass is 9.95. The summed E-state index contributed by atoms with van der Waals surface area (Å²) >= 11 is 0. The van der Waals surface area contributed by atoms with Crippen LogP contribution in [0.15, 0.2) is 54.6 Å². The van der Waals surface area contributed by atoms with Crippen LogP contribution in [0.4, 0.5) is 5.69 Å². The maximum Gasteiger partial charge on any atom is 0.338 e. The zero-order valence-electron chi connectivity index (χ0n) is 16.8. The maximum absolute atomic E-state index is 13.1. The minimum atomic E-state index is -3.38. The van der Waals surface area contributed by atoms with Crippen molar-refractivity contribution in [2.24, 2.45) is 0 Å². The fourth-order valence-corrected chi connectivity index (χ4v) is 6.30. The molecule has 0 amide bonds. The summed E-state index contributed by atoms with van der Waals surface area (Å²) in [6.07, 6.45) is 1.24. The summed E-state index contributed by atoms with van der Waals surface area (Å²) in [6, 6.07) is 14.7. The van der Waals surface area contributed by atoms with Gasteiger partial charge in [0, 0.05) is 25.0 Å². The number of benzene rings is 2. The van der Waals surface area contributed by atoms with Crippen LogP contribution in [0.2, 0.25) is 0 Å². The smallest absolute Gasteiger partial charge is 0.338 e. The lowest BCUT2D eigenvalue weighted by Gasteiger charge is -2.36. The molecule has 2 aliphatic rings. The average Bonchev–Trinajstić information content (AvgIpc) is 3.52. The molecule has 2 aromatic rings. The van der Waals surface area contributed by atoms with Crippen molar-refractivity contribution < 1.29 is 27.6 Å². The Morgan fingerprint density at radius 2 is 1.71 bits per heavy atom. The van der Waals surface area contributed by atoms with Gasteiger partial charge in [0.1, 0.15) is 6.10 Å². The van der Waals surface area contributed by atoms with Crippen LogP contribution < -0.4 is 0 Å². The first-order valence-electron chi connectivity index (χ1n) is 10.1. The highest BCUT2D eigenvalue weighted by atomic mass is 32.2. The van der Waals surface area contributed by atoms with Gasteiger partial charge >= 0.3 is 5.97 Å². The highest BCUT2D eigenvalue weighted by Crippen LogP contribution is 2.49. The highest BCUT2D eigenvalue weighted by molar-refractivity contribution is 7.93. The second-order valence-corrected chi connectivity index (χ2v) is 10.8. The average molecular weight is 445 g/mol. The molecule has 164 valence electrons. The van der Waals surface area contributed by atoms with Crippen LogP contribution in [-0.4, -0.2) is 42.0 Å². The van der Waals surface area contributed by atoms with E-state index in [-0.39, 0.29) is 30.7 Å². The summed E-state index contributed by atoms with van der Waals surface area (Å²) < 4.78 is 36.4. The fraction of sp³-hybridized carbons (Fsp3) is 0.409. The van der Waals surface area contributed by atoms with Crippen LogP contribution in [0.25, 0.3) is 0 Å². The Hall–Kier alpha value is -2.78. The van der Waals surface area contributed by atoms with Crippen molar-refractivity contribution in [1.82, 2.24) is 0 Å². The number of sulfone groups is 1. The third kappa shape index (κ3) is 4.47. The number of non-ortho nitro benzene ring substituents is 1. The van der Waals surface area contributed by atoms with Crippen molar-refractivity contribution in [2.45, 2.75) is 48.4 Å². The summed E-state index contributed by atoms with van der Waals surface area (Å²) in [5.74, 6) is -0.608. The molecular formula is C22H23NO7S. The van der Waals surface area contributed by atoms with E-state index in [1.54, 1.807) is 0 Å². The first-order chi connectivity index (χ1) is 14.8. The van der Waals surface area contributed by atoms with Crippen molar-refractivity contribution in [1.29, 1.82) is 0 Å². The van der Waals surface area contributed by atoms with E-state index >= 15 is 0 Å². The van der Waals surface area contributed by atoms with Crippen molar-refractivity contribution in [3.05, 3.63) is 75.8 Å². The molecule has 2 aliphatic carbocycles. The molecule has 0 heterocycles. The van der Waals surface area contributed by atoms with Gasteiger partial charge in [-0.25, -0.2) is 13.2 Å². The molecule has 31 heavy (non-hydrogen) atoms. The summed E-state index contributed by atoms with van der Waals surface area (Å²) in [5, 5.41) is 10.2. The molecule has 8 nitrogen and oxygen atoms in total. The number of nitrogens with zero attached hydrogens (tertiary/aromatic N) is 1. The monoisotopic (exact) mass is 445 g/mol. The second-order valence-electron chi connectivity index (χ2n) is 8.13. The van der Waals surface area contributed by atoms with Crippen LogP contribution in [0.3, 0.4) is 0 Å². The zero-order chi connectivity index (χ0) is 22.1. The van der Waals surface area contributed by atoms with Crippen molar-refractivity contribution in [3.63, 3.8) is 0 Å². The van der Waals surface area contributed by atoms with E-state index in [2.05, 4.69) is 0 Å². The molecule has 2 fully saturated rings. The van der Waals surface area contributed by atoms with E-state index in [0.29, 0.717) is 19.4 Å². The largest absolute Gasteiger partial charge is 0.459 e. The molecule has 0 atom stereocenters. The van der Waals surface area contributed by atoms with E-state index in [0.717, 1.165) is 5.56 Å². The second kappa shape index (κ2) is 8.39. The minimum Gasteiger partial charge on any atom is -0.459 e. The third-order valence-corrected chi connectivity index (χ3v) is 8.96. The van der Waals surface area contributed by atoms with Crippen molar-refractivity contribution in [3.8, 4) is 0 Å². The Kier molecular flexibility index (Phi) is 5.81. The van der Waals surface area contributed by atoms with E-state index in [9.17, 15) is 23.3 Å². The lowest BCUT2D eigenvalue weighted by Crippen LogP contribution is -2.47. The molecule has 0 saturated heterocycles. The number of ether oxygens (including phenoxy) is 2. The molecule has 0 unspecified atom stereocenters. The molecular weight excluding hydrogens is 422 g/mol. The number of nitro groups is 1. The number of carbonyl (C=O) groups is 1. The summed E-state index contributed by atoms with van der Waals surface area (Å²) in [4.78, 5) is 22.4. The molecule has 0 aromatic heterocycles. The third-order valence-electron chi connectivity index (χ3n) is 5.97. The Balaban J connectivity index is 1.27. The highest BCUT2D eigenvalue weighted by Gasteiger charge is 2.59. The van der Waals surface area contributed by atoms with Gasteiger partial charge in [-0.1, -0.05) is 30.3 Å². The van der Waals surface area contributed by atoms with Crippen LogP contribution in [0, 0.1) is 10.1 Å². The van der Waals surface area contributed by atoms with Crippen LogP contribution in [-0.2, 0) is 25.9 Å². The minimum absolute atomic E-state index is 0.115. The molecule has 2 aromatic carbocycles. The Morgan fingerprint density at radius 3 is 2.29 bits per heavy atom. The lowest BCUT2D eigenvalue weighted by molar-refractivity contribution is -0.384. The van der Waals surface area contributed by atoms with Crippen LogP contribution in [0.5, 0.6) is 0 Å². The maximum atomic E-state index is 13.1. The normalized spacial score (nSPS) is 21.7. The summed E-state index contributed by atoms with van der Waals surface area (Å²) in [6.45, 7) is 0.548. The van der Waals surface area contributed by atoms with Gasteiger partial charge in [0.15, 0.2) is 9.84 Å². The SMILES string of the molecule is O=C(OC1CC(S(=O)(=O)C2(COCc3ccccc3)CC2)C1)c1ccc([N+](=O)[O-])cc1. The van der Waals surface area contributed by atoms with E-state index in [1.165, 1.54) is 24.3 Å². The van der Waals surface area contributed by atoms with E-state index in [4.69, 9.17) is 9.47 Å². The first-order valence-corrected chi connectivity index (χ1v) is 11.7. The zero-order valence-corrected chi connectivity index (χ0v) is 17.6. The summed E-state index contributed by atoms with van der Waals surface area (Å²) in [5.41, 5.74) is 1.08. The van der Waals surface area contributed by atoms with Gasteiger partial charge in [0.2, 0.25) is 0 Å². The number of rotatable bonds is 9. The van der Waals surface area contributed by atoms with Crippen molar-refractivity contribution in [2.75, 3.05) is 6.61 Å². The van der Waals surface area contributed by atoms with Gasteiger partial charge in [-0.2, -0.15) is 0 Å². The molecule has 0 bridgehead atoms. The van der Waals surface area contributed by atoms with Crippen LogP contribution in [0.1, 0.15) is 41.6 Å². The molecule has 0 radical (unpaired) electrons. The number of carbonyl (C=O) groups excluding carboxylic acids is 1. The number of hydrogen-bond donors (Lipinski definition) is 0. The molecule has 2 saturated carbocycles. The van der Waals surface area contributed by atoms with Gasteiger partial charge in [-0.3, -0.25) is 10.1 Å². The van der Waals surface area contributed by atoms with E-state index < -0.39 is 36.8 Å². The van der Waals surface area contributed by atoms with Crippen LogP contribution >= 0.6 is 0 Å². The summed E-state index contributed by atoms with van der Waals surface area (Å²) in [7, 11) is -3.38. The van der Waals surface area contributed by atoms with Gasteiger partial charge < -0.3 is 9.47 Å². The van der Waals surface area contributed by atoms with Gasteiger partial charge in [0.25, 0.3) is 5.69 Å². The first kappa shape index (κ1) is 21.5. The Morgan fingerprint density at radius 1 is 1.06 bits per heavy atom. The number of nitro benzene ring substituents is 1. The fourth-order valence-electron chi connectivity index (χ4n) is 3.74. The van der Waals surface area contributed by atoms with Gasteiger partial charge in [0.05, 0.1) is 33.7 Å². The number of esters is 1. The van der Waals surface area contributed by atoms with Gasteiger partial charge in [-0.05, 0) is 30.5 Å². The van der Waals surface area contributed by atoms with Crippen molar-refractivity contribution >= 4 is 21.5 Å². The van der Waals surface area contributed by atoms with E-state index in [1.807, 2.05) is 30.3 Å². The Bertz CT molecular complexity index is 1060. The molecule has 0 N–H and O–H groups in total. The number of hydrogen-bond acceptors (Lipinski definition) is 7. The molecule has 0 aliphatic heterocycles. The molecule has 0 spiro atoms. The Labute approximate surface area is 180 Å². The predicted octanol–water partition coefficient (Wildman–Crippen LogP) is 3.45. The standard InChI is InChI=1S/C22H23NO7S/c24-21(17-6-8-18(9-7-17)23(25)26)30-19-12-20(13-19)31(27,28)22(10-11-22)15-29-14-16-4-2-1-3-5-16/h1-9,19-20H,10-15H2. The topological polar surface area (TPSA) is 113 Å². The molecule has 9 heteroatoms. The molecule has 4 rings (SSSR count). The predicted molar refractivity (Wildman–Crippen MR) is 112 cm³/mol.